The third-order valence-electron chi connectivity index (χ3n) is 5.52. The van der Waals surface area contributed by atoms with Gasteiger partial charge in [-0.15, -0.1) is 0 Å². The lowest BCUT2D eigenvalue weighted by Gasteiger charge is -2.30. The summed E-state index contributed by atoms with van der Waals surface area (Å²) in [6.07, 6.45) is 4.47. The van der Waals surface area contributed by atoms with Gasteiger partial charge in [0.2, 0.25) is 5.91 Å². The van der Waals surface area contributed by atoms with E-state index in [1.807, 2.05) is 24.3 Å². The molecule has 1 spiro atoms. The molecule has 2 aliphatic rings. The SMILES string of the molecule is CC(C)(C)c1ccccc1NC(=O)CCN1C(=O)NC2(CCCCC2)C1=O. The van der Waals surface area contributed by atoms with Crippen molar-refractivity contribution in [3.8, 4) is 0 Å². The van der Waals surface area contributed by atoms with E-state index in [1.54, 1.807) is 0 Å². The molecule has 146 valence electrons. The van der Waals surface area contributed by atoms with Crippen LogP contribution in [0, 0.1) is 0 Å². The Morgan fingerprint density at radius 3 is 2.48 bits per heavy atom. The van der Waals surface area contributed by atoms with E-state index < -0.39 is 5.54 Å². The molecule has 4 amide bonds. The standard InChI is InChI=1S/C21H29N3O3/c1-20(2,3)15-9-5-6-10-16(15)22-17(25)11-14-24-18(26)21(23-19(24)27)12-7-4-8-13-21/h5-6,9-10H,4,7-8,11-14H2,1-3H3,(H,22,25)(H,23,27). The van der Waals surface area contributed by atoms with Gasteiger partial charge < -0.3 is 10.6 Å². The van der Waals surface area contributed by atoms with Gasteiger partial charge in [-0.1, -0.05) is 58.2 Å². The Morgan fingerprint density at radius 1 is 1.15 bits per heavy atom. The van der Waals surface area contributed by atoms with Gasteiger partial charge in [0, 0.05) is 18.7 Å². The minimum absolute atomic E-state index is 0.0910. The molecule has 1 aromatic rings. The fraction of sp³-hybridized carbons (Fsp3) is 0.571. The molecule has 0 aromatic heterocycles. The van der Waals surface area contributed by atoms with Gasteiger partial charge in [-0.25, -0.2) is 4.79 Å². The first-order chi connectivity index (χ1) is 12.7. The first-order valence-corrected chi connectivity index (χ1v) is 9.76. The second-order valence-corrected chi connectivity index (χ2v) is 8.62. The predicted octanol–water partition coefficient (Wildman–Crippen LogP) is 3.57. The topological polar surface area (TPSA) is 78.5 Å². The van der Waals surface area contributed by atoms with Gasteiger partial charge in [-0.2, -0.15) is 0 Å². The normalized spacial score (nSPS) is 19.3. The molecule has 0 unspecified atom stereocenters. The van der Waals surface area contributed by atoms with Crippen LogP contribution >= 0.6 is 0 Å². The van der Waals surface area contributed by atoms with Gasteiger partial charge in [-0.05, 0) is 29.9 Å². The zero-order valence-corrected chi connectivity index (χ0v) is 16.4. The van der Waals surface area contributed by atoms with Crippen molar-refractivity contribution in [3.05, 3.63) is 29.8 Å². The minimum atomic E-state index is -0.732. The molecular weight excluding hydrogens is 342 g/mol. The monoisotopic (exact) mass is 371 g/mol. The summed E-state index contributed by atoms with van der Waals surface area (Å²) < 4.78 is 0. The third kappa shape index (κ3) is 3.99. The molecule has 2 fully saturated rings. The predicted molar refractivity (Wildman–Crippen MR) is 104 cm³/mol. The summed E-state index contributed by atoms with van der Waals surface area (Å²) >= 11 is 0. The lowest BCUT2D eigenvalue weighted by atomic mass is 9.82. The molecule has 1 saturated carbocycles. The molecule has 1 aromatic carbocycles. The smallest absolute Gasteiger partial charge is 0.325 e. The molecule has 27 heavy (non-hydrogen) atoms. The average molecular weight is 371 g/mol. The van der Waals surface area contributed by atoms with E-state index in [9.17, 15) is 14.4 Å². The van der Waals surface area contributed by atoms with Crippen LogP contribution < -0.4 is 10.6 Å². The number of carbonyl (C=O) groups is 3. The van der Waals surface area contributed by atoms with E-state index in [2.05, 4.69) is 31.4 Å². The van der Waals surface area contributed by atoms with Crippen molar-refractivity contribution in [3.63, 3.8) is 0 Å². The molecule has 1 aliphatic carbocycles. The summed E-state index contributed by atoms with van der Waals surface area (Å²) in [6, 6.07) is 7.34. The van der Waals surface area contributed by atoms with Gasteiger partial charge in [0.25, 0.3) is 5.91 Å². The Balaban J connectivity index is 1.62. The second-order valence-electron chi connectivity index (χ2n) is 8.62. The van der Waals surface area contributed by atoms with Crippen molar-refractivity contribution < 1.29 is 14.4 Å². The highest BCUT2D eigenvalue weighted by Crippen LogP contribution is 2.34. The van der Waals surface area contributed by atoms with Gasteiger partial charge in [0.1, 0.15) is 5.54 Å². The maximum Gasteiger partial charge on any atom is 0.325 e. The Morgan fingerprint density at radius 2 is 1.81 bits per heavy atom. The summed E-state index contributed by atoms with van der Waals surface area (Å²) in [7, 11) is 0. The van der Waals surface area contributed by atoms with Gasteiger partial charge in [0.05, 0.1) is 0 Å². The van der Waals surface area contributed by atoms with Crippen LogP contribution in [0.15, 0.2) is 24.3 Å². The van der Waals surface area contributed by atoms with Crippen LogP contribution in [0.5, 0.6) is 0 Å². The molecule has 3 rings (SSSR count). The maximum absolute atomic E-state index is 12.8. The molecule has 6 heteroatoms. The molecule has 1 aliphatic heterocycles. The number of imide groups is 1. The highest BCUT2D eigenvalue weighted by Gasteiger charge is 2.51. The summed E-state index contributed by atoms with van der Waals surface area (Å²) in [5, 5.41) is 5.81. The number of para-hydroxylation sites is 1. The van der Waals surface area contributed by atoms with Crippen LogP contribution in [-0.4, -0.2) is 34.8 Å². The van der Waals surface area contributed by atoms with Crippen LogP contribution in [0.3, 0.4) is 0 Å². The maximum atomic E-state index is 12.8. The zero-order valence-electron chi connectivity index (χ0n) is 16.4. The Hall–Kier alpha value is -2.37. The lowest BCUT2D eigenvalue weighted by Crippen LogP contribution is -2.48. The first-order valence-electron chi connectivity index (χ1n) is 9.76. The van der Waals surface area contributed by atoms with Crippen LogP contribution in [0.1, 0.15) is 64.9 Å². The van der Waals surface area contributed by atoms with Crippen LogP contribution in [0.25, 0.3) is 0 Å². The van der Waals surface area contributed by atoms with Crippen LogP contribution in [-0.2, 0) is 15.0 Å². The number of urea groups is 1. The van der Waals surface area contributed by atoms with Crippen LogP contribution in [0.4, 0.5) is 10.5 Å². The van der Waals surface area contributed by atoms with E-state index in [1.165, 1.54) is 4.90 Å². The summed E-state index contributed by atoms with van der Waals surface area (Å²) in [4.78, 5) is 38.7. The molecule has 0 radical (unpaired) electrons. The third-order valence-corrected chi connectivity index (χ3v) is 5.52. The van der Waals surface area contributed by atoms with Crippen molar-refractivity contribution in [2.24, 2.45) is 0 Å². The molecular formula is C21H29N3O3. The van der Waals surface area contributed by atoms with Crippen molar-refractivity contribution in [1.82, 2.24) is 10.2 Å². The quantitative estimate of drug-likeness (QED) is 0.794. The number of nitrogens with one attached hydrogen (secondary N) is 2. The van der Waals surface area contributed by atoms with Crippen molar-refractivity contribution in [2.75, 3.05) is 11.9 Å². The van der Waals surface area contributed by atoms with E-state index in [0.717, 1.165) is 30.5 Å². The Labute approximate surface area is 160 Å². The lowest BCUT2D eigenvalue weighted by molar-refractivity contribution is -0.132. The number of hydrogen-bond acceptors (Lipinski definition) is 3. The number of hydrogen-bond donors (Lipinski definition) is 2. The molecule has 2 N–H and O–H groups in total. The van der Waals surface area contributed by atoms with E-state index in [4.69, 9.17) is 0 Å². The van der Waals surface area contributed by atoms with E-state index in [-0.39, 0.29) is 36.2 Å². The Bertz CT molecular complexity index is 745. The first kappa shape index (κ1) is 19.4. The number of benzene rings is 1. The number of rotatable bonds is 4. The zero-order chi connectivity index (χ0) is 19.7. The second kappa shape index (κ2) is 7.33. The molecule has 0 atom stereocenters. The number of nitrogens with zero attached hydrogens (tertiary/aromatic N) is 1. The Kier molecular flexibility index (Phi) is 5.27. The fourth-order valence-corrected chi connectivity index (χ4v) is 4.05. The largest absolute Gasteiger partial charge is 0.326 e. The van der Waals surface area contributed by atoms with Crippen molar-refractivity contribution in [1.29, 1.82) is 0 Å². The molecule has 1 saturated heterocycles. The fourth-order valence-electron chi connectivity index (χ4n) is 4.05. The van der Waals surface area contributed by atoms with Crippen molar-refractivity contribution >= 4 is 23.5 Å². The summed E-state index contributed by atoms with van der Waals surface area (Å²) in [5.41, 5.74) is 0.998. The van der Waals surface area contributed by atoms with Crippen molar-refractivity contribution in [2.45, 2.75) is 70.3 Å². The summed E-state index contributed by atoms with van der Waals surface area (Å²) in [6.45, 7) is 6.38. The van der Waals surface area contributed by atoms with Gasteiger partial charge in [0.15, 0.2) is 0 Å². The number of anilines is 1. The number of amides is 4. The molecule has 1 heterocycles. The summed E-state index contributed by atoms with van der Waals surface area (Å²) in [5.74, 6) is -0.369. The molecule has 0 bridgehead atoms. The number of carbonyl (C=O) groups excluding carboxylic acids is 3. The highest BCUT2D eigenvalue weighted by molar-refractivity contribution is 6.07. The van der Waals surface area contributed by atoms with Gasteiger partial charge >= 0.3 is 6.03 Å². The highest BCUT2D eigenvalue weighted by atomic mass is 16.2. The van der Waals surface area contributed by atoms with E-state index in [0.29, 0.717) is 12.8 Å². The van der Waals surface area contributed by atoms with E-state index >= 15 is 0 Å². The van der Waals surface area contributed by atoms with Crippen LogP contribution in [0.2, 0.25) is 0 Å². The van der Waals surface area contributed by atoms with Gasteiger partial charge in [-0.3, -0.25) is 14.5 Å². The minimum Gasteiger partial charge on any atom is -0.326 e. The average Bonchev–Trinajstić information content (AvgIpc) is 2.83. The molecule has 6 nitrogen and oxygen atoms in total.